The highest BCUT2D eigenvalue weighted by Gasteiger charge is 2.16. The Morgan fingerprint density at radius 1 is 1.22 bits per heavy atom. The fraction of sp³-hybridized carbons (Fsp3) is 0.308. The second-order valence-electron chi connectivity index (χ2n) is 4.23. The number of nitrogens with zero attached hydrogens (tertiary/aromatic N) is 1. The predicted molar refractivity (Wildman–Crippen MR) is 63.5 cm³/mol. The zero-order valence-electron chi connectivity index (χ0n) is 9.70. The van der Waals surface area contributed by atoms with E-state index in [1.54, 1.807) is 0 Å². The molecule has 0 spiro atoms. The molecule has 1 N–H and O–H groups in total. The largest absolute Gasteiger partial charge is 0.478 e. The van der Waals surface area contributed by atoms with E-state index in [9.17, 15) is 13.6 Å². The molecular formula is C13H13F2NO2. The van der Waals surface area contributed by atoms with Crippen LogP contribution in [0, 0.1) is 11.6 Å². The number of anilines is 1. The zero-order chi connectivity index (χ0) is 13.1. The van der Waals surface area contributed by atoms with Crippen molar-refractivity contribution < 1.29 is 18.7 Å². The van der Waals surface area contributed by atoms with Crippen molar-refractivity contribution in [1.29, 1.82) is 0 Å². The van der Waals surface area contributed by atoms with Gasteiger partial charge in [0, 0.05) is 30.9 Å². The van der Waals surface area contributed by atoms with Crippen molar-refractivity contribution in [3.05, 3.63) is 41.5 Å². The van der Waals surface area contributed by atoms with E-state index in [-0.39, 0.29) is 0 Å². The van der Waals surface area contributed by atoms with E-state index >= 15 is 0 Å². The number of piperidine rings is 1. The van der Waals surface area contributed by atoms with Gasteiger partial charge in [-0.05, 0) is 25.0 Å². The Balaban J connectivity index is 2.05. The van der Waals surface area contributed by atoms with Crippen LogP contribution >= 0.6 is 0 Å². The van der Waals surface area contributed by atoms with E-state index in [1.165, 1.54) is 18.2 Å². The molecule has 0 atom stereocenters. The normalized spacial score (nSPS) is 15.7. The van der Waals surface area contributed by atoms with E-state index in [2.05, 4.69) is 0 Å². The van der Waals surface area contributed by atoms with E-state index in [4.69, 9.17) is 5.11 Å². The smallest absolute Gasteiger partial charge is 0.328 e. The van der Waals surface area contributed by atoms with E-state index in [0.717, 1.165) is 11.6 Å². The lowest BCUT2D eigenvalue weighted by Crippen LogP contribution is -2.30. The molecule has 1 aromatic rings. The predicted octanol–water partition coefficient (Wildman–Crippen LogP) is 2.58. The maximum Gasteiger partial charge on any atom is 0.328 e. The minimum absolute atomic E-state index is 0.615. The van der Waals surface area contributed by atoms with E-state index in [0.29, 0.717) is 31.6 Å². The molecule has 0 amide bonds. The maximum atomic E-state index is 13.1. The number of benzene rings is 1. The summed E-state index contributed by atoms with van der Waals surface area (Å²) in [5.74, 6) is -2.66. The summed E-state index contributed by atoms with van der Waals surface area (Å²) in [6, 6.07) is 3.80. The third kappa shape index (κ3) is 2.85. The molecule has 1 aliphatic rings. The Bertz CT molecular complexity index is 490. The molecule has 5 heteroatoms. The summed E-state index contributed by atoms with van der Waals surface area (Å²) in [6.07, 6.45) is 2.49. The second-order valence-corrected chi connectivity index (χ2v) is 4.23. The molecular weight excluding hydrogens is 240 g/mol. The highest BCUT2D eigenvalue weighted by atomic mass is 19.2. The molecule has 96 valence electrons. The van der Waals surface area contributed by atoms with Crippen molar-refractivity contribution in [2.45, 2.75) is 12.8 Å². The van der Waals surface area contributed by atoms with Gasteiger partial charge in [0.2, 0.25) is 0 Å². The fourth-order valence-electron chi connectivity index (χ4n) is 2.05. The van der Waals surface area contributed by atoms with Gasteiger partial charge in [0.25, 0.3) is 0 Å². The number of carboxylic acids is 1. The molecule has 0 saturated carbocycles. The number of halogens is 2. The molecule has 18 heavy (non-hydrogen) atoms. The molecule has 1 heterocycles. The van der Waals surface area contributed by atoms with Crippen LogP contribution in [0.5, 0.6) is 0 Å². The molecule has 1 aromatic carbocycles. The fourth-order valence-corrected chi connectivity index (χ4v) is 2.05. The van der Waals surface area contributed by atoms with Crippen LogP contribution in [-0.2, 0) is 4.79 Å². The first-order chi connectivity index (χ1) is 8.56. The minimum atomic E-state index is -0.939. The molecule has 0 aliphatic carbocycles. The third-order valence-electron chi connectivity index (χ3n) is 3.00. The van der Waals surface area contributed by atoms with Gasteiger partial charge in [0.05, 0.1) is 0 Å². The summed E-state index contributed by atoms with van der Waals surface area (Å²) in [6.45, 7) is 1.23. The number of carbonyl (C=O) groups is 1. The molecule has 3 nitrogen and oxygen atoms in total. The Morgan fingerprint density at radius 3 is 2.44 bits per heavy atom. The summed E-state index contributed by atoms with van der Waals surface area (Å²) in [7, 11) is 0. The molecule has 2 rings (SSSR count). The first kappa shape index (κ1) is 12.5. The number of aliphatic carboxylic acids is 1. The SMILES string of the molecule is O=C(O)C=C1CCN(c2ccc(F)c(F)c2)CC1. The van der Waals surface area contributed by atoms with Gasteiger partial charge < -0.3 is 10.0 Å². The third-order valence-corrected chi connectivity index (χ3v) is 3.00. The van der Waals surface area contributed by atoms with Crippen molar-refractivity contribution in [3.8, 4) is 0 Å². The Hall–Kier alpha value is -1.91. The highest BCUT2D eigenvalue weighted by molar-refractivity contribution is 5.80. The van der Waals surface area contributed by atoms with Crippen molar-refractivity contribution in [2.75, 3.05) is 18.0 Å². The molecule has 0 aromatic heterocycles. The number of hydrogen-bond acceptors (Lipinski definition) is 2. The van der Waals surface area contributed by atoms with Crippen LogP contribution in [0.15, 0.2) is 29.8 Å². The number of hydrogen-bond donors (Lipinski definition) is 1. The van der Waals surface area contributed by atoms with Gasteiger partial charge in [-0.3, -0.25) is 0 Å². The van der Waals surface area contributed by atoms with Crippen LogP contribution in [0.25, 0.3) is 0 Å². The number of carboxylic acid groups (broad SMARTS) is 1. The minimum Gasteiger partial charge on any atom is -0.478 e. The summed E-state index contributed by atoms with van der Waals surface area (Å²) < 4.78 is 25.9. The summed E-state index contributed by atoms with van der Waals surface area (Å²) in [5, 5.41) is 8.63. The van der Waals surface area contributed by atoms with Gasteiger partial charge in [-0.25, -0.2) is 13.6 Å². The van der Waals surface area contributed by atoms with Crippen LogP contribution in [0.2, 0.25) is 0 Å². The molecule has 0 unspecified atom stereocenters. The Labute approximate surface area is 103 Å². The van der Waals surface area contributed by atoms with Gasteiger partial charge in [0.1, 0.15) is 0 Å². The van der Waals surface area contributed by atoms with Crippen LogP contribution in [0.1, 0.15) is 12.8 Å². The molecule has 1 saturated heterocycles. The van der Waals surface area contributed by atoms with Gasteiger partial charge in [-0.2, -0.15) is 0 Å². The van der Waals surface area contributed by atoms with Gasteiger partial charge in [0.15, 0.2) is 11.6 Å². The number of rotatable bonds is 2. The summed E-state index contributed by atoms with van der Waals surface area (Å²) >= 11 is 0. The quantitative estimate of drug-likeness (QED) is 0.823. The molecule has 1 fully saturated rings. The van der Waals surface area contributed by atoms with Crippen LogP contribution < -0.4 is 4.90 Å². The zero-order valence-corrected chi connectivity index (χ0v) is 9.70. The average molecular weight is 253 g/mol. The van der Waals surface area contributed by atoms with Crippen molar-refractivity contribution in [1.82, 2.24) is 0 Å². The van der Waals surface area contributed by atoms with E-state index in [1.807, 2.05) is 4.90 Å². The van der Waals surface area contributed by atoms with Gasteiger partial charge in [-0.1, -0.05) is 5.57 Å². The van der Waals surface area contributed by atoms with Crippen LogP contribution in [0.3, 0.4) is 0 Å². The highest BCUT2D eigenvalue weighted by Crippen LogP contribution is 2.24. The van der Waals surface area contributed by atoms with Gasteiger partial charge >= 0.3 is 5.97 Å². The Kier molecular flexibility index (Phi) is 3.60. The Morgan fingerprint density at radius 2 is 1.89 bits per heavy atom. The first-order valence-corrected chi connectivity index (χ1v) is 5.68. The topological polar surface area (TPSA) is 40.5 Å². The van der Waals surface area contributed by atoms with Gasteiger partial charge in [-0.15, -0.1) is 0 Å². The summed E-state index contributed by atoms with van der Waals surface area (Å²) in [5.41, 5.74) is 1.50. The standard InChI is InChI=1S/C13H13F2NO2/c14-11-2-1-10(8-12(11)15)16-5-3-9(4-6-16)7-13(17)18/h1-2,7-8H,3-6H2,(H,17,18). The van der Waals surface area contributed by atoms with E-state index < -0.39 is 17.6 Å². The lowest BCUT2D eigenvalue weighted by molar-refractivity contribution is -0.131. The van der Waals surface area contributed by atoms with Crippen molar-refractivity contribution in [2.24, 2.45) is 0 Å². The maximum absolute atomic E-state index is 13.1. The summed E-state index contributed by atoms with van der Waals surface area (Å²) in [4.78, 5) is 12.4. The first-order valence-electron chi connectivity index (χ1n) is 5.68. The average Bonchev–Trinajstić information content (AvgIpc) is 2.33. The lowest BCUT2D eigenvalue weighted by Gasteiger charge is -2.30. The monoisotopic (exact) mass is 253 g/mol. The van der Waals surface area contributed by atoms with Crippen LogP contribution in [-0.4, -0.2) is 24.2 Å². The van der Waals surface area contributed by atoms with Crippen molar-refractivity contribution >= 4 is 11.7 Å². The lowest BCUT2D eigenvalue weighted by atomic mass is 10.0. The molecule has 0 radical (unpaired) electrons. The molecule has 0 bridgehead atoms. The van der Waals surface area contributed by atoms with Crippen molar-refractivity contribution in [3.63, 3.8) is 0 Å². The molecule has 1 aliphatic heterocycles. The van der Waals surface area contributed by atoms with Crippen LogP contribution in [0.4, 0.5) is 14.5 Å². The second kappa shape index (κ2) is 5.16.